The molecule has 3 heterocycles. The number of anilines is 1. The van der Waals surface area contributed by atoms with Gasteiger partial charge in [-0.05, 0) is 12.1 Å². The molecule has 2 saturated heterocycles. The highest BCUT2D eigenvalue weighted by atomic mass is 16.6. The second-order valence-electron chi connectivity index (χ2n) is 5.94. The molecule has 1 aromatic carbocycles. The number of nitrogens with zero attached hydrogens (tertiary/aromatic N) is 2. The van der Waals surface area contributed by atoms with Crippen molar-refractivity contribution >= 4 is 23.3 Å². The molecule has 0 radical (unpaired) electrons. The fraction of sp³-hybridized carbons (Fsp3) is 0.333. The Morgan fingerprint density at radius 1 is 1.39 bits per heavy atom. The standard InChI is InChI=1S/C15H12N2O6/c18-13-12-11(14(19)20)10-5-6-15(12,23-10)7-16(13)8-1-3-9(4-2-8)17(21)22/h1-6,10-12H,7H2,(H,19,20). The largest absolute Gasteiger partial charge is 0.481 e. The monoisotopic (exact) mass is 316 g/mol. The van der Waals surface area contributed by atoms with Crippen LogP contribution < -0.4 is 4.90 Å². The number of rotatable bonds is 3. The number of nitro benzene ring substituents is 1. The number of carbonyl (C=O) groups is 2. The van der Waals surface area contributed by atoms with E-state index >= 15 is 0 Å². The molecule has 0 aromatic heterocycles. The number of hydrogen-bond acceptors (Lipinski definition) is 5. The van der Waals surface area contributed by atoms with Gasteiger partial charge in [0, 0.05) is 17.8 Å². The molecule has 1 aromatic rings. The number of carbonyl (C=O) groups excluding carboxylic acids is 1. The van der Waals surface area contributed by atoms with E-state index in [0.717, 1.165) is 0 Å². The maximum atomic E-state index is 12.7. The Morgan fingerprint density at radius 3 is 2.70 bits per heavy atom. The number of carboxylic acid groups (broad SMARTS) is 1. The van der Waals surface area contributed by atoms with E-state index in [9.17, 15) is 24.8 Å². The van der Waals surface area contributed by atoms with Crippen LogP contribution >= 0.6 is 0 Å². The summed E-state index contributed by atoms with van der Waals surface area (Å²) in [6.45, 7) is 0.213. The van der Waals surface area contributed by atoms with Crippen LogP contribution in [0.15, 0.2) is 36.4 Å². The van der Waals surface area contributed by atoms with Gasteiger partial charge in [-0.25, -0.2) is 0 Å². The third kappa shape index (κ3) is 1.75. The lowest BCUT2D eigenvalue weighted by Gasteiger charge is -2.21. The van der Waals surface area contributed by atoms with Crippen molar-refractivity contribution in [1.29, 1.82) is 0 Å². The number of hydrogen-bond donors (Lipinski definition) is 1. The highest BCUT2D eigenvalue weighted by molar-refractivity contribution is 6.02. The third-order valence-corrected chi connectivity index (χ3v) is 4.76. The first-order valence-electron chi connectivity index (χ1n) is 7.09. The normalized spacial score (nSPS) is 34.0. The van der Waals surface area contributed by atoms with Crippen LogP contribution in [0, 0.1) is 22.0 Å². The summed E-state index contributed by atoms with van der Waals surface area (Å²) >= 11 is 0. The average molecular weight is 316 g/mol. The van der Waals surface area contributed by atoms with Crippen LogP contribution in [-0.4, -0.2) is 40.2 Å². The van der Waals surface area contributed by atoms with E-state index in [1.807, 2.05) is 0 Å². The smallest absolute Gasteiger partial charge is 0.310 e. The summed E-state index contributed by atoms with van der Waals surface area (Å²) in [7, 11) is 0. The first-order valence-corrected chi connectivity index (χ1v) is 7.09. The third-order valence-electron chi connectivity index (χ3n) is 4.76. The van der Waals surface area contributed by atoms with Crippen LogP contribution in [0.3, 0.4) is 0 Å². The SMILES string of the molecule is O=C(O)C1C2C=CC3(CN(c4ccc([N+](=O)[O-])cc4)C(=O)C13)O2. The van der Waals surface area contributed by atoms with Gasteiger partial charge < -0.3 is 14.7 Å². The van der Waals surface area contributed by atoms with E-state index in [2.05, 4.69) is 0 Å². The average Bonchev–Trinajstić information content (AvgIpc) is 3.15. The summed E-state index contributed by atoms with van der Waals surface area (Å²) in [4.78, 5) is 35.8. The fourth-order valence-electron chi connectivity index (χ4n) is 3.75. The first-order chi connectivity index (χ1) is 10.9. The number of benzene rings is 1. The Morgan fingerprint density at radius 2 is 2.09 bits per heavy atom. The molecule has 118 valence electrons. The Labute approximate surface area is 130 Å². The van der Waals surface area contributed by atoms with Gasteiger partial charge in [0.05, 0.1) is 23.5 Å². The van der Waals surface area contributed by atoms with Crippen molar-refractivity contribution in [3.8, 4) is 0 Å². The number of ether oxygens (including phenoxy) is 1. The molecule has 4 atom stereocenters. The van der Waals surface area contributed by atoms with Crippen LogP contribution in [0.25, 0.3) is 0 Å². The molecule has 3 aliphatic heterocycles. The lowest BCUT2D eigenvalue weighted by molar-refractivity contribution is -0.384. The number of amides is 1. The number of carboxylic acids is 1. The second kappa shape index (κ2) is 4.39. The number of non-ortho nitro benzene ring substituents is 1. The Kier molecular flexibility index (Phi) is 2.65. The zero-order valence-electron chi connectivity index (χ0n) is 11.8. The summed E-state index contributed by atoms with van der Waals surface area (Å²) in [5.41, 5.74) is -0.486. The van der Waals surface area contributed by atoms with Crippen LogP contribution in [0.2, 0.25) is 0 Å². The zero-order chi connectivity index (χ0) is 16.4. The van der Waals surface area contributed by atoms with Gasteiger partial charge in [-0.3, -0.25) is 19.7 Å². The lowest BCUT2D eigenvalue weighted by Crippen LogP contribution is -2.39. The summed E-state index contributed by atoms with van der Waals surface area (Å²) in [5.74, 6) is -3.02. The molecular weight excluding hydrogens is 304 g/mol. The molecule has 4 unspecified atom stereocenters. The molecule has 3 aliphatic rings. The molecule has 1 N–H and O–H groups in total. The van der Waals surface area contributed by atoms with Crippen molar-refractivity contribution in [1.82, 2.24) is 0 Å². The van der Waals surface area contributed by atoms with Crippen molar-refractivity contribution in [3.63, 3.8) is 0 Å². The fourth-order valence-corrected chi connectivity index (χ4v) is 3.75. The zero-order valence-corrected chi connectivity index (χ0v) is 11.8. The quantitative estimate of drug-likeness (QED) is 0.505. The predicted octanol–water partition coefficient (Wildman–Crippen LogP) is 0.966. The highest BCUT2D eigenvalue weighted by Crippen LogP contribution is 2.52. The van der Waals surface area contributed by atoms with Crippen molar-refractivity contribution in [2.45, 2.75) is 11.7 Å². The van der Waals surface area contributed by atoms with Crippen molar-refractivity contribution in [2.24, 2.45) is 11.8 Å². The number of aliphatic carboxylic acids is 1. The van der Waals surface area contributed by atoms with E-state index in [-0.39, 0.29) is 18.1 Å². The highest BCUT2D eigenvalue weighted by Gasteiger charge is 2.67. The van der Waals surface area contributed by atoms with Crippen molar-refractivity contribution in [2.75, 3.05) is 11.4 Å². The maximum absolute atomic E-state index is 12.7. The van der Waals surface area contributed by atoms with Crippen LogP contribution in [0.5, 0.6) is 0 Å². The van der Waals surface area contributed by atoms with E-state index in [0.29, 0.717) is 5.69 Å². The maximum Gasteiger partial charge on any atom is 0.310 e. The minimum absolute atomic E-state index is 0.0701. The van der Waals surface area contributed by atoms with Crippen LogP contribution in [0.1, 0.15) is 0 Å². The topological polar surface area (TPSA) is 110 Å². The Hall–Kier alpha value is -2.74. The van der Waals surface area contributed by atoms with Crippen molar-refractivity contribution < 1.29 is 24.4 Å². The predicted molar refractivity (Wildman–Crippen MR) is 76.8 cm³/mol. The van der Waals surface area contributed by atoms with Gasteiger partial charge in [0.25, 0.3) is 5.69 Å². The van der Waals surface area contributed by atoms with Gasteiger partial charge in [0.15, 0.2) is 0 Å². The summed E-state index contributed by atoms with van der Waals surface area (Å²) in [5, 5.41) is 20.1. The molecule has 2 bridgehead atoms. The molecule has 8 nitrogen and oxygen atoms in total. The Bertz CT molecular complexity index is 758. The second-order valence-corrected chi connectivity index (χ2v) is 5.94. The molecule has 8 heteroatoms. The van der Waals surface area contributed by atoms with E-state index in [4.69, 9.17) is 4.74 Å². The Balaban J connectivity index is 1.69. The van der Waals surface area contributed by atoms with Gasteiger partial charge in [-0.1, -0.05) is 12.2 Å². The molecule has 0 aliphatic carbocycles. The molecule has 2 fully saturated rings. The summed E-state index contributed by atoms with van der Waals surface area (Å²) < 4.78 is 5.78. The van der Waals surface area contributed by atoms with Crippen LogP contribution in [0.4, 0.5) is 11.4 Å². The van der Waals surface area contributed by atoms with Crippen molar-refractivity contribution in [3.05, 3.63) is 46.5 Å². The lowest BCUT2D eigenvalue weighted by atomic mass is 9.77. The van der Waals surface area contributed by atoms with E-state index < -0.39 is 34.4 Å². The summed E-state index contributed by atoms with van der Waals surface area (Å²) in [6.07, 6.45) is 2.90. The van der Waals surface area contributed by atoms with Gasteiger partial charge in [0.2, 0.25) is 5.91 Å². The van der Waals surface area contributed by atoms with Gasteiger partial charge >= 0.3 is 5.97 Å². The molecule has 1 spiro atoms. The van der Waals surface area contributed by atoms with Gasteiger partial charge in [0.1, 0.15) is 11.5 Å². The number of fused-ring (bicyclic) bond motifs is 1. The molecule has 23 heavy (non-hydrogen) atoms. The summed E-state index contributed by atoms with van der Waals surface area (Å²) in [6, 6.07) is 5.60. The minimum atomic E-state index is -1.05. The van der Waals surface area contributed by atoms with Crippen LogP contribution in [-0.2, 0) is 14.3 Å². The van der Waals surface area contributed by atoms with E-state index in [1.54, 1.807) is 12.2 Å². The molecule has 1 amide bonds. The van der Waals surface area contributed by atoms with Gasteiger partial charge in [-0.15, -0.1) is 0 Å². The molecule has 0 saturated carbocycles. The van der Waals surface area contributed by atoms with Gasteiger partial charge in [-0.2, -0.15) is 0 Å². The first kappa shape index (κ1) is 13.9. The molecule has 4 rings (SSSR count). The van der Waals surface area contributed by atoms with E-state index in [1.165, 1.54) is 29.2 Å². The molecular formula is C15H12N2O6. The number of nitro groups is 1. The minimum Gasteiger partial charge on any atom is -0.481 e.